The molecule has 1 atom stereocenters. The summed E-state index contributed by atoms with van der Waals surface area (Å²) in [7, 11) is 2.17. The number of anilines is 1. The van der Waals surface area contributed by atoms with E-state index in [-0.39, 0.29) is 5.82 Å². The zero-order valence-corrected chi connectivity index (χ0v) is 16.1. The van der Waals surface area contributed by atoms with Crippen LogP contribution in [-0.2, 0) is 5.60 Å². The highest BCUT2D eigenvalue weighted by Gasteiger charge is 2.52. The molecule has 1 aliphatic rings. The van der Waals surface area contributed by atoms with E-state index < -0.39 is 17.5 Å². The molecule has 3 N–H and O–H groups in total. The van der Waals surface area contributed by atoms with Crippen LogP contribution < -0.4 is 5.73 Å². The molecule has 0 aliphatic carbocycles. The van der Waals surface area contributed by atoms with E-state index in [2.05, 4.69) is 31.9 Å². The Kier molecular flexibility index (Phi) is 5.71. The summed E-state index contributed by atoms with van der Waals surface area (Å²) in [5.41, 5.74) is 2.91. The van der Waals surface area contributed by atoms with E-state index in [0.29, 0.717) is 24.0 Å². The van der Waals surface area contributed by atoms with Crippen molar-refractivity contribution in [2.24, 2.45) is 0 Å². The molecule has 0 bridgehead atoms. The number of fused-ring (bicyclic) bond motifs is 1. The van der Waals surface area contributed by atoms with Gasteiger partial charge in [-0.05, 0) is 39.9 Å². The van der Waals surface area contributed by atoms with Gasteiger partial charge in [-0.1, -0.05) is 0 Å². The third-order valence-corrected chi connectivity index (χ3v) is 4.69. The molecule has 0 amide bonds. The molecule has 156 valence electrons. The van der Waals surface area contributed by atoms with Gasteiger partial charge in [0.25, 0.3) is 0 Å². The van der Waals surface area contributed by atoms with Crippen molar-refractivity contribution >= 4 is 11.5 Å². The van der Waals surface area contributed by atoms with E-state index in [1.165, 1.54) is 48.9 Å². The van der Waals surface area contributed by atoms with Gasteiger partial charge < -0.3 is 15.7 Å². The van der Waals surface area contributed by atoms with Crippen LogP contribution in [0.3, 0.4) is 0 Å². The van der Waals surface area contributed by atoms with Crippen molar-refractivity contribution in [3.63, 3.8) is 0 Å². The standard InChI is InChI=1S/C13H11F3N6O.C5H11N/c1-12(23,13(14,15)16)9-6-22-8(3-20-11(22)5-19-9)7-2-18-4-10(17)21-7;1-6-4-2-3-5-6/h2-6,23H,1H3,(H2,17,21);2-5H2,1H3/t12-;/m0./s1. The summed E-state index contributed by atoms with van der Waals surface area (Å²) in [5, 5.41) is 9.76. The number of imidazole rings is 1. The number of nitrogens with two attached hydrogens (primary N) is 1. The van der Waals surface area contributed by atoms with E-state index in [1.807, 2.05) is 0 Å². The maximum Gasteiger partial charge on any atom is 0.422 e. The number of nitrogens with zero attached hydrogens (tertiary/aromatic N) is 6. The maximum atomic E-state index is 13.0. The highest BCUT2D eigenvalue weighted by Crippen LogP contribution is 2.37. The zero-order chi connectivity index (χ0) is 21.2. The zero-order valence-electron chi connectivity index (χ0n) is 16.1. The Labute approximate surface area is 165 Å². The van der Waals surface area contributed by atoms with Gasteiger partial charge in [-0.25, -0.2) is 9.97 Å². The van der Waals surface area contributed by atoms with Crippen molar-refractivity contribution in [1.82, 2.24) is 29.2 Å². The lowest BCUT2D eigenvalue weighted by Gasteiger charge is -2.25. The SMILES string of the molecule is CN1CCCC1.C[C@](O)(c1cn2c(-c3cncc(N)n3)cnc2cn1)C(F)(F)F. The first kappa shape index (κ1) is 20.9. The van der Waals surface area contributed by atoms with Crippen LogP contribution in [0.2, 0.25) is 0 Å². The monoisotopic (exact) mass is 409 g/mol. The third kappa shape index (κ3) is 4.46. The summed E-state index contributed by atoms with van der Waals surface area (Å²) in [6, 6.07) is 0. The van der Waals surface area contributed by atoms with Crippen molar-refractivity contribution in [2.75, 3.05) is 25.9 Å². The van der Waals surface area contributed by atoms with Crippen LogP contribution in [0.1, 0.15) is 25.5 Å². The van der Waals surface area contributed by atoms with Crippen molar-refractivity contribution in [1.29, 1.82) is 0 Å². The van der Waals surface area contributed by atoms with Gasteiger partial charge in [0, 0.05) is 6.20 Å². The third-order valence-electron chi connectivity index (χ3n) is 4.69. The van der Waals surface area contributed by atoms with Crippen molar-refractivity contribution in [3.05, 3.63) is 36.7 Å². The fourth-order valence-corrected chi connectivity index (χ4v) is 2.86. The molecule has 0 saturated carbocycles. The molecule has 29 heavy (non-hydrogen) atoms. The predicted molar refractivity (Wildman–Crippen MR) is 101 cm³/mol. The van der Waals surface area contributed by atoms with Crippen LogP contribution in [0.5, 0.6) is 0 Å². The minimum atomic E-state index is -4.87. The smallest absolute Gasteiger partial charge is 0.382 e. The Balaban J connectivity index is 0.000000343. The van der Waals surface area contributed by atoms with Crippen molar-refractivity contribution < 1.29 is 18.3 Å². The number of hydrogen-bond donors (Lipinski definition) is 2. The van der Waals surface area contributed by atoms with Gasteiger partial charge in [-0.2, -0.15) is 13.2 Å². The average Bonchev–Trinajstić information content (AvgIpc) is 3.29. The highest BCUT2D eigenvalue weighted by atomic mass is 19.4. The fourth-order valence-electron chi connectivity index (χ4n) is 2.86. The summed E-state index contributed by atoms with van der Waals surface area (Å²) >= 11 is 0. The largest absolute Gasteiger partial charge is 0.422 e. The van der Waals surface area contributed by atoms with Gasteiger partial charge in [0.15, 0.2) is 5.65 Å². The Morgan fingerprint density at radius 2 is 1.76 bits per heavy atom. The summed E-state index contributed by atoms with van der Waals surface area (Å²) in [4.78, 5) is 18.0. The first-order valence-electron chi connectivity index (χ1n) is 8.98. The number of nitrogen functional groups attached to an aromatic ring is 1. The molecule has 3 aromatic heterocycles. The second-order valence-corrected chi connectivity index (χ2v) is 7.05. The summed E-state index contributed by atoms with van der Waals surface area (Å²) in [6.45, 7) is 3.28. The topological polar surface area (TPSA) is 105 Å². The Bertz CT molecular complexity index is 981. The minimum Gasteiger partial charge on any atom is -0.382 e. The van der Waals surface area contributed by atoms with Gasteiger partial charge in [0.1, 0.15) is 11.5 Å². The van der Waals surface area contributed by atoms with Gasteiger partial charge in [-0.3, -0.25) is 14.4 Å². The lowest BCUT2D eigenvalue weighted by atomic mass is 10.0. The lowest BCUT2D eigenvalue weighted by molar-refractivity contribution is -0.260. The van der Waals surface area contributed by atoms with Crippen molar-refractivity contribution in [2.45, 2.75) is 31.5 Å². The molecule has 11 heteroatoms. The van der Waals surface area contributed by atoms with E-state index >= 15 is 0 Å². The second-order valence-electron chi connectivity index (χ2n) is 7.05. The van der Waals surface area contributed by atoms with E-state index in [0.717, 1.165) is 12.4 Å². The van der Waals surface area contributed by atoms with E-state index in [9.17, 15) is 18.3 Å². The molecule has 1 saturated heterocycles. The summed E-state index contributed by atoms with van der Waals surface area (Å²) in [5.74, 6) is 0.161. The molecule has 3 aromatic rings. The number of aromatic nitrogens is 5. The molecule has 0 radical (unpaired) electrons. The van der Waals surface area contributed by atoms with Gasteiger partial charge in [0.2, 0.25) is 5.60 Å². The highest BCUT2D eigenvalue weighted by molar-refractivity contribution is 5.60. The molecule has 0 unspecified atom stereocenters. The first-order chi connectivity index (χ1) is 13.6. The van der Waals surface area contributed by atoms with Crippen LogP contribution in [0, 0.1) is 0 Å². The van der Waals surface area contributed by atoms with Gasteiger partial charge >= 0.3 is 6.18 Å². The van der Waals surface area contributed by atoms with Crippen LogP contribution in [0.15, 0.2) is 31.0 Å². The Morgan fingerprint density at radius 3 is 2.31 bits per heavy atom. The molecular formula is C18H22F3N7O. The molecule has 0 spiro atoms. The minimum absolute atomic E-state index is 0.161. The molecule has 1 aliphatic heterocycles. The normalized spacial score (nSPS) is 17.0. The molecule has 0 aromatic carbocycles. The van der Waals surface area contributed by atoms with Gasteiger partial charge in [0.05, 0.1) is 36.2 Å². The molecule has 8 nitrogen and oxygen atoms in total. The maximum absolute atomic E-state index is 13.0. The van der Waals surface area contributed by atoms with Crippen molar-refractivity contribution in [3.8, 4) is 11.4 Å². The summed E-state index contributed by atoms with van der Waals surface area (Å²) in [6.07, 6.45) is 4.32. The van der Waals surface area contributed by atoms with Gasteiger partial charge in [-0.15, -0.1) is 0 Å². The number of rotatable bonds is 2. The quantitative estimate of drug-likeness (QED) is 0.669. The molecular weight excluding hydrogens is 387 g/mol. The fraction of sp³-hybridized carbons (Fsp3) is 0.444. The average molecular weight is 409 g/mol. The number of alkyl halides is 3. The predicted octanol–water partition coefficient (Wildman–Crippen LogP) is 2.25. The molecule has 4 heterocycles. The van der Waals surface area contributed by atoms with E-state index in [1.54, 1.807) is 0 Å². The first-order valence-corrected chi connectivity index (χ1v) is 8.98. The second kappa shape index (κ2) is 7.91. The van der Waals surface area contributed by atoms with Crippen LogP contribution >= 0.6 is 0 Å². The summed E-state index contributed by atoms with van der Waals surface area (Å²) < 4.78 is 40.2. The molecule has 1 fully saturated rings. The number of halogens is 3. The number of hydrogen-bond acceptors (Lipinski definition) is 7. The van der Waals surface area contributed by atoms with Crippen LogP contribution in [0.25, 0.3) is 17.0 Å². The Morgan fingerprint density at radius 1 is 1.07 bits per heavy atom. The Hall–Kier alpha value is -2.79. The van der Waals surface area contributed by atoms with E-state index in [4.69, 9.17) is 5.73 Å². The lowest BCUT2D eigenvalue weighted by Crippen LogP contribution is -2.40. The number of aliphatic hydroxyl groups is 1. The van der Waals surface area contributed by atoms with Crippen LogP contribution in [-0.4, -0.2) is 60.7 Å². The molecule has 4 rings (SSSR count). The number of likely N-dealkylation sites (tertiary alicyclic amines) is 1. The van der Waals surface area contributed by atoms with Crippen LogP contribution in [0.4, 0.5) is 19.0 Å².